The van der Waals surface area contributed by atoms with E-state index >= 15 is 0 Å². The minimum absolute atomic E-state index is 0.219. The van der Waals surface area contributed by atoms with Gasteiger partial charge in [-0.05, 0) is 48.9 Å². The number of carbonyl (C=O) groups is 1. The van der Waals surface area contributed by atoms with Gasteiger partial charge in [0.1, 0.15) is 22.9 Å². The molecule has 1 N–H and O–H groups in total. The topological polar surface area (TPSA) is 92.8 Å². The lowest BCUT2D eigenvalue weighted by atomic mass is 10.1. The average molecular weight is 418 g/mol. The number of ether oxygens (including phenoxy) is 1. The van der Waals surface area contributed by atoms with Crippen LogP contribution in [0.5, 0.6) is 5.75 Å². The third kappa shape index (κ3) is 3.45. The normalized spacial score (nSPS) is 10.6. The van der Waals surface area contributed by atoms with E-state index in [0.717, 1.165) is 10.9 Å². The van der Waals surface area contributed by atoms with E-state index in [0.29, 0.717) is 27.7 Å². The summed E-state index contributed by atoms with van der Waals surface area (Å²) >= 11 is 5.89. The molecule has 1 amide bonds. The first-order valence-electron chi connectivity index (χ1n) is 9.01. The first-order chi connectivity index (χ1) is 14.5. The number of anilines is 1. The van der Waals surface area contributed by atoms with Crippen LogP contribution in [0.4, 0.5) is 5.82 Å². The Morgan fingerprint density at radius 3 is 2.70 bits per heavy atom. The number of nitrogens with zero attached hydrogens (tertiary/aromatic N) is 4. The van der Waals surface area contributed by atoms with Crippen molar-refractivity contribution in [2.24, 2.45) is 0 Å². The second-order valence-corrected chi connectivity index (χ2v) is 6.98. The number of halogens is 1. The Morgan fingerprint density at radius 2 is 2.00 bits per heavy atom. The van der Waals surface area contributed by atoms with Gasteiger partial charge in [-0.2, -0.15) is 15.0 Å². The van der Waals surface area contributed by atoms with Crippen molar-refractivity contribution in [1.29, 1.82) is 5.26 Å². The molecule has 0 saturated carbocycles. The SMILES string of the molecule is COc1cccc2c(C)cc(-n3ncc(C#N)c3NC(=O)c3ccc(Cl)cc3)nc12. The molecular weight excluding hydrogens is 402 g/mol. The van der Waals surface area contributed by atoms with Gasteiger partial charge >= 0.3 is 0 Å². The number of carbonyl (C=O) groups excluding carboxylic acids is 1. The van der Waals surface area contributed by atoms with Crippen molar-refractivity contribution in [3.63, 3.8) is 0 Å². The van der Waals surface area contributed by atoms with Crippen LogP contribution in [0.3, 0.4) is 0 Å². The predicted molar refractivity (Wildman–Crippen MR) is 114 cm³/mol. The van der Waals surface area contributed by atoms with E-state index in [4.69, 9.17) is 16.3 Å². The molecule has 0 aliphatic rings. The number of nitriles is 1. The van der Waals surface area contributed by atoms with Gasteiger partial charge in [0.25, 0.3) is 5.91 Å². The highest BCUT2D eigenvalue weighted by Gasteiger charge is 2.18. The fraction of sp³-hybridized carbons (Fsp3) is 0.0909. The summed E-state index contributed by atoms with van der Waals surface area (Å²) in [5.74, 6) is 0.924. The Bertz CT molecular complexity index is 1310. The Hall–Kier alpha value is -3.89. The Labute approximate surface area is 177 Å². The second-order valence-electron chi connectivity index (χ2n) is 6.55. The molecule has 0 aliphatic carbocycles. The van der Waals surface area contributed by atoms with Gasteiger partial charge in [-0.1, -0.05) is 23.7 Å². The minimum atomic E-state index is -0.389. The summed E-state index contributed by atoms with van der Waals surface area (Å²) in [7, 11) is 1.58. The summed E-state index contributed by atoms with van der Waals surface area (Å²) in [5.41, 5.74) is 2.24. The van der Waals surface area contributed by atoms with Crippen molar-refractivity contribution in [3.8, 4) is 17.6 Å². The molecule has 0 bridgehead atoms. The molecular formula is C22H16ClN5O2. The van der Waals surface area contributed by atoms with Gasteiger partial charge < -0.3 is 10.1 Å². The summed E-state index contributed by atoms with van der Waals surface area (Å²) < 4.78 is 6.87. The fourth-order valence-corrected chi connectivity index (χ4v) is 3.28. The lowest BCUT2D eigenvalue weighted by Crippen LogP contribution is -2.16. The van der Waals surface area contributed by atoms with Gasteiger partial charge in [0.15, 0.2) is 11.6 Å². The number of methoxy groups -OCH3 is 1. The molecule has 0 spiro atoms. The number of amides is 1. The molecule has 4 rings (SSSR count). The highest BCUT2D eigenvalue weighted by atomic mass is 35.5. The zero-order chi connectivity index (χ0) is 21.3. The summed E-state index contributed by atoms with van der Waals surface area (Å²) in [6, 6.07) is 16.0. The van der Waals surface area contributed by atoms with Gasteiger partial charge in [-0.15, -0.1) is 0 Å². The Kier molecular flexibility index (Phi) is 5.09. The van der Waals surface area contributed by atoms with Crippen molar-refractivity contribution in [3.05, 3.63) is 76.4 Å². The quantitative estimate of drug-likeness (QED) is 0.527. The van der Waals surface area contributed by atoms with Crippen LogP contribution in [0, 0.1) is 18.3 Å². The number of fused-ring (bicyclic) bond motifs is 1. The molecule has 0 fully saturated rings. The molecule has 0 aliphatic heterocycles. The largest absolute Gasteiger partial charge is 0.494 e. The third-order valence-electron chi connectivity index (χ3n) is 4.66. The van der Waals surface area contributed by atoms with E-state index in [2.05, 4.69) is 21.5 Å². The van der Waals surface area contributed by atoms with Crippen molar-refractivity contribution in [1.82, 2.24) is 14.8 Å². The van der Waals surface area contributed by atoms with E-state index in [1.165, 1.54) is 10.9 Å². The van der Waals surface area contributed by atoms with Crippen molar-refractivity contribution < 1.29 is 9.53 Å². The minimum Gasteiger partial charge on any atom is -0.494 e. The third-order valence-corrected chi connectivity index (χ3v) is 4.91. The Morgan fingerprint density at radius 1 is 1.23 bits per heavy atom. The maximum absolute atomic E-state index is 12.7. The van der Waals surface area contributed by atoms with E-state index in [-0.39, 0.29) is 17.3 Å². The summed E-state index contributed by atoms with van der Waals surface area (Å²) in [6.45, 7) is 1.95. The van der Waals surface area contributed by atoms with Crippen LogP contribution in [0.1, 0.15) is 21.5 Å². The van der Waals surface area contributed by atoms with Crippen LogP contribution >= 0.6 is 11.6 Å². The number of para-hydroxylation sites is 1. The van der Waals surface area contributed by atoms with Gasteiger partial charge in [0.2, 0.25) is 0 Å². The van der Waals surface area contributed by atoms with E-state index in [9.17, 15) is 10.1 Å². The molecule has 2 heterocycles. The average Bonchev–Trinajstić information content (AvgIpc) is 3.16. The first-order valence-corrected chi connectivity index (χ1v) is 9.39. The van der Waals surface area contributed by atoms with Crippen molar-refractivity contribution in [2.75, 3.05) is 12.4 Å². The molecule has 2 aromatic carbocycles. The van der Waals surface area contributed by atoms with Gasteiger partial charge in [-0.25, -0.2) is 4.98 Å². The van der Waals surface area contributed by atoms with Gasteiger partial charge in [0, 0.05) is 16.0 Å². The molecule has 0 unspecified atom stereocenters. The van der Waals surface area contributed by atoms with Crippen LogP contribution in [0.15, 0.2) is 54.7 Å². The number of pyridine rings is 1. The number of nitrogens with one attached hydrogen (secondary N) is 1. The lowest BCUT2D eigenvalue weighted by molar-refractivity contribution is 0.102. The number of hydrogen-bond donors (Lipinski definition) is 1. The van der Waals surface area contributed by atoms with Gasteiger partial charge in [-0.3, -0.25) is 4.79 Å². The number of rotatable bonds is 4. The lowest BCUT2D eigenvalue weighted by Gasteiger charge is -2.12. The van der Waals surface area contributed by atoms with Crippen molar-refractivity contribution >= 4 is 34.2 Å². The highest BCUT2D eigenvalue weighted by Crippen LogP contribution is 2.29. The molecule has 7 nitrogen and oxygen atoms in total. The first kappa shape index (κ1) is 19.4. The summed E-state index contributed by atoms with van der Waals surface area (Å²) in [6.07, 6.45) is 1.39. The number of benzene rings is 2. The summed E-state index contributed by atoms with van der Waals surface area (Å²) in [5, 5.41) is 18.0. The fourth-order valence-electron chi connectivity index (χ4n) is 3.15. The van der Waals surface area contributed by atoms with Crippen LogP contribution in [0.2, 0.25) is 5.02 Å². The zero-order valence-electron chi connectivity index (χ0n) is 16.2. The van der Waals surface area contributed by atoms with Crippen LogP contribution in [-0.4, -0.2) is 27.8 Å². The van der Waals surface area contributed by atoms with E-state index in [1.54, 1.807) is 31.4 Å². The monoisotopic (exact) mass is 417 g/mol. The second kappa shape index (κ2) is 7.85. The van der Waals surface area contributed by atoms with Crippen LogP contribution in [0.25, 0.3) is 16.7 Å². The number of aryl methyl sites for hydroxylation is 1. The van der Waals surface area contributed by atoms with Crippen molar-refractivity contribution in [2.45, 2.75) is 6.92 Å². The van der Waals surface area contributed by atoms with Gasteiger partial charge in [0.05, 0.1) is 13.3 Å². The zero-order valence-corrected chi connectivity index (χ0v) is 16.9. The standard InChI is InChI=1S/C22H16ClN5O2/c1-13-10-19(26-20-17(13)4-3-5-18(20)30-2)28-21(15(11-24)12-25-28)27-22(29)14-6-8-16(23)9-7-14/h3-10,12H,1-2H3,(H,27,29). The molecule has 4 aromatic rings. The molecule has 0 saturated heterocycles. The highest BCUT2D eigenvalue weighted by molar-refractivity contribution is 6.30. The maximum atomic E-state index is 12.7. The molecule has 0 radical (unpaired) electrons. The molecule has 2 aromatic heterocycles. The molecule has 148 valence electrons. The molecule has 0 atom stereocenters. The number of hydrogen-bond acceptors (Lipinski definition) is 5. The predicted octanol–water partition coefficient (Wildman–Crippen LogP) is 4.51. The number of aromatic nitrogens is 3. The molecule has 8 heteroatoms. The van der Waals surface area contributed by atoms with E-state index < -0.39 is 0 Å². The van der Waals surface area contributed by atoms with Crippen LogP contribution < -0.4 is 10.1 Å². The Balaban J connectivity index is 1.81. The van der Waals surface area contributed by atoms with Crippen LogP contribution in [-0.2, 0) is 0 Å². The maximum Gasteiger partial charge on any atom is 0.256 e. The smallest absolute Gasteiger partial charge is 0.256 e. The van der Waals surface area contributed by atoms with E-state index in [1.807, 2.05) is 31.2 Å². The summed E-state index contributed by atoms with van der Waals surface area (Å²) in [4.78, 5) is 17.4. The molecule has 30 heavy (non-hydrogen) atoms.